The van der Waals surface area contributed by atoms with Crippen LogP contribution in [-0.4, -0.2) is 23.0 Å². The number of nitrogens with zero attached hydrogens (tertiary/aromatic N) is 3. The summed E-state index contributed by atoms with van der Waals surface area (Å²) in [6.07, 6.45) is 1.65. The molecule has 0 radical (unpaired) electrons. The highest BCUT2D eigenvalue weighted by atomic mass is 32.1. The van der Waals surface area contributed by atoms with Crippen LogP contribution in [0.5, 0.6) is 5.75 Å². The standard InChI is InChI=1S/C21H15N3O3S/c1-24(21-23-18(25)17-8-5-13-22-19(17)28-21)15-9-11-16(12-10-15)27-20(26)14-6-3-2-4-7-14/h2-13H,1H3. The molecule has 0 unspecified atom stereocenters. The molecule has 6 nitrogen and oxygen atoms in total. The van der Waals surface area contributed by atoms with Crippen LogP contribution in [0.4, 0.5) is 10.8 Å². The monoisotopic (exact) mass is 389 g/mol. The van der Waals surface area contributed by atoms with Crippen LogP contribution in [0.15, 0.2) is 77.7 Å². The van der Waals surface area contributed by atoms with Crippen LogP contribution >= 0.6 is 11.3 Å². The number of carbonyl (C=O) groups excluding carboxylic acids is 1. The van der Waals surface area contributed by atoms with Crippen LogP contribution in [0, 0.1) is 0 Å². The van der Waals surface area contributed by atoms with E-state index in [1.807, 2.05) is 13.1 Å². The molecule has 0 amide bonds. The number of rotatable bonds is 4. The zero-order valence-corrected chi connectivity index (χ0v) is 15.7. The second kappa shape index (κ2) is 7.58. The molecular formula is C21H15N3O3S. The van der Waals surface area contributed by atoms with Gasteiger partial charge in [-0.3, -0.25) is 4.79 Å². The predicted molar refractivity (Wildman–Crippen MR) is 110 cm³/mol. The van der Waals surface area contributed by atoms with Crippen molar-refractivity contribution < 1.29 is 9.53 Å². The van der Waals surface area contributed by atoms with Gasteiger partial charge in [-0.2, -0.15) is 4.98 Å². The highest BCUT2D eigenvalue weighted by molar-refractivity contribution is 7.21. The Hall–Kier alpha value is -3.58. The zero-order valence-electron chi connectivity index (χ0n) is 14.9. The minimum atomic E-state index is -0.415. The van der Waals surface area contributed by atoms with E-state index < -0.39 is 5.97 Å². The Morgan fingerprint density at radius 1 is 1.00 bits per heavy atom. The first-order chi connectivity index (χ1) is 13.6. The molecule has 28 heavy (non-hydrogen) atoms. The van der Waals surface area contributed by atoms with Gasteiger partial charge in [-0.15, -0.1) is 0 Å². The van der Waals surface area contributed by atoms with Crippen LogP contribution in [0.3, 0.4) is 0 Å². The fourth-order valence-corrected chi connectivity index (χ4v) is 3.55. The summed E-state index contributed by atoms with van der Waals surface area (Å²) in [5.41, 5.74) is 0.983. The van der Waals surface area contributed by atoms with E-state index in [0.717, 1.165) is 5.69 Å². The van der Waals surface area contributed by atoms with E-state index in [1.54, 1.807) is 71.8 Å². The molecule has 4 aromatic rings. The van der Waals surface area contributed by atoms with Gasteiger partial charge in [0.25, 0.3) is 5.56 Å². The quantitative estimate of drug-likeness (QED) is 0.387. The Balaban J connectivity index is 1.55. The SMILES string of the molecule is CN(c1ccc(OC(=O)c2ccccc2)cc1)c1nc(=O)c2cccnc2s1. The van der Waals surface area contributed by atoms with Crippen molar-refractivity contribution in [2.75, 3.05) is 11.9 Å². The second-order valence-corrected chi connectivity index (χ2v) is 6.92. The topological polar surface area (TPSA) is 72.4 Å². The summed E-state index contributed by atoms with van der Waals surface area (Å²) in [5, 5.41) is 1.04. The summed E-state index contributed by atoms with van der Waals surface area (Å²) in [5.74, 6) is 0.0227. The number of ether oxygens (including phenoxy) is 1. The van der Waals surface area contributed by atoms with E-state index in [0.29, 0.717) is 26.7 Å². The molecule has 0 aliphatic heterocycles. The average molecular weight is 389 g/mol. The molecule has 4 rings (SSSR count). The molecule has 0 spiro atoms. The normalized spacial score (nSPS) is 10.6. The molecule has 0 aliphatic carbocycles. The smallest absolute Gasteiger partial charge is 0.343 e. The van der Waals surface area contributed by atoms with Crippen LogP contribution in [-0.2, 0) is 0 Å². The Kier molecular flexibility index (Phi) is 4.82. The lowest BCUT2D eigenvalue weighted by Gasteiger charge is -2.17. The maximum Gasteiger partial charge on any atom is 0.343 e. The molecule has 0 saturated heterocycles. The van der Waals surface area contributed by atoms with Gasteiger partial charge in [0.05, 0.1) is 10.9 Å². The van der Waals surface area contributed by atoms with E-state index >= 15 is 0 Å². The Labute approximate surface area is 164 Å². The lowest BCUT2D eigenvalue weighted by molar-refractivity contribution is 0.0735. The minimum absolute atomic E-state index is 0.308. The van der Waals surface area contributed by atoms with E-state index in [-0.39, 0.29) is 5.56 Å². The van der Waals surface area contributed by atoms with Crippen molar-refractivity contribution in [1.82, 2.24) is 9.97 Å². The first kappa shape index (κ1) is 17.8. The molecule has 2 aromatic heterocycles. The molecule has 0 N–H and O–H groups in total. The maximum absolute atomic E-state index is 12.2. The first-order valence-electron chi connectivity index (χ1n) is 8.49. The van der Waals surface area contributed by atoms with Gasteiger partial charge in [0.1, 0.15) is 10.6 Å². The van der Waals surface area contributed by atoms with Crippen molar-refractivity contribution in [3.63, 3.8) is 0 Å². The second-order valence-electron chi connectivity index (χ2n) is 5.97. The molecule has 0 bridgehead atoms. The highest BCUT2D eigenvalue weighted by Gasteiger charge is 2.12. The number of hydrogen-bond acceptors (Lipinski definition) is 7. The predicted octanol–water partition coefficient (Wildman–Crippen LogP) is 4.04. The van der Waals surface area contributed by atoms with Gasteiger partial charge in [-0.25, -0.2) is 9.78 Å². The summed E-state index contributed by atoms with van der Waals surface area (Å²) >= 11 is 1.33. The average Bonchev–Trinajstić information content (AvgIpc) is 2.74. The van der Waals surface area contributed by atoms with Gasteiger partial charge < -0.3 is 9.64 Å². The molecule has 2 heterocycles. The first-order valence-corrected chi connectivity index (χ1v) is 9.30. The number of anilines is 2. The zero-order chi connectivity index (χ0) is 19.5. The number of fused-ring (bicyclic) bond motifs is 1. The lowest BCUT2D eigenvalue weighted by atomic mass is 10.2. The molecule has 138 valence electrons. The summed E-state index contributed by atoms with van der Waals surface area (Å²) < 4.78 is 5.39. The van der Waals surface area contributed by atoms with Crippen molar-refractivity contribution >= 4 is 38.3 Å². The van der Waals surface area contributed by atoms with Crippen LogP contribution < -0.4 is 15.2 Å². The van der Waals surface area contributed by atoms with Crippen LogP contribution in [0.1, 0.15) is 10.4 Å². The number of pyridine rings is 1. The van der Waals surface area contributed by atoms with Crippen molar-refractivity contribution in [3.05, 3.63) is 88.8 Å². The third-order valence-electron chi connectivity index (χ3n) is 4.12. The van der Waals surface area contributed by atoms with Crippen molar-refractivity contribution in [2.24, 2.45) is 0 Å². The number of benzene rings is 2. The van der Waals surface area contributed by atoms with Gasteiger partial charge in [0.2, 0.25) is 0 Å². The lowest BCUT2D eigenvalue weighted by Crippen LogP contribution is -2.15. The van der Waals surface area contributed by atoms with Crippen molar-refractivity contribution in [2.45, 2.75) is 0 Å². The maximum atomic E-state index is 12.2. The highest BCUT2D eigenvalue weighted by Crippen LogP contribution is 2.28. The molecular weight excluding hydrogens is 374 g/mol. The third kappa shape index (κ3) is 3.60. The van der Waals surface area contributed by atoms with Gasteiger partial charge >= 0.3 is 5.97 Å². The van der Waals surface area contributed by atoms with Gasteiger partial charge in [0, 0.05) is 18.9 Å². The van der Waals surface area contributed by atoms with Crippen LogP contribution in [0.2, 0.25) is 0 Å². The Morgan fingerprint density at radius 2 is 1.75 bits per heavy atom. The summed E-state index contributed by atoms with van der Waals surface area (Å²) in [6.45, 7) is 0. The Bertz CT molecular complexity index is 1190. The molecule has 7 heteroatoms. The van der Waals surface area contributed by atoms with Gasteiger partial charge in [-0.05, 0) is 48.5 Å². The van der Waals surface area contributed by atoms with Crippen molar-refractivity contribution in [3.8, 4) is 5.75 Å². The molecule has 0 aliphatic rings. The van der Waals surface area contributed by atoms with E-state index in [4.69, 9.17) is 4.74 Å². The largest absolute Gasteiger partial charge is 0.423 e. The molecule has 0 fully saturated rings. The number of aromatic nitrogens is 2. The third-order valence-corrected chi connectivity index (χ3v) is 5.18. The Morgan fingerprint density at radius 3 is 2.50 bits per heavy atom. The van der Waals surface area contributed by atoms with E-state index in [1.165, 1.54) is 11.3 Å². The van der Waals surface area contributed by atoms with Gasteiger partial charge in [0.15, 0.2) is 5.13 Å². The molecule has 0 saturated carbocycles. The fourth-order valence-electron chi connectivity index (χ4n) is 2.62. The van der Waals surface area contributed by atoms with Gasteiger partial charge in [-0.1, -0.05) is 29.5 Å². The van der Waals surface area contributed by atoms with Crippen LogP contribution in [0.25, 0.3) is 10.2 Å². The number of carbonyl (C=O) groups is 1. The molecule has 0 atom stereocenters. The number of esters is 1. The van der Waals surface area contributed by atoms with E-state index in [2.05, 4.69) is 9.97 Å². The summed E-state index contributed by atoms with van der Waals surface area (Å²) in [7, 11) is 1.82. The van der Waals surface area contributed by atoms with Crippen molar-refractivity contribution in [1.29, 1.82) is 0 Å². The van der Waals surface area contributed by atoms with E-state index in [9.17, 15) is 9.59 Å². The molecule has 2 aromatic carbocycles. The summed E-state index contributed by atoms with van der Waals surface area (Å²) in [6, 6.07) is 19.2. The number of hydrogen-bond donors (Lipinski definition) is 0. The fraction of sp³-hybridized carbons (Fsp3) is 0.0476. The summed E-state index contributed by atoms with van der Waals surface area (Å²) in [4.78, 5) is 35.2. The minimum Gasteiger partial charge on any atom is -0.423 e.